The summed E-state index contributed by atoms with van der Waals surface area (Å²) in [6, 6.07) is 3.16. The summed E-state index contributed by atoms with van der Waals surface area (Å²) < 4.78 is 16.3. The lowest BCUT2D eigenvalue weighted by Crippen LogP contribution is -2.42. The van der Waals surface area contributed by atoms with Gasteiger partial charge in [-0.1, -0.05) is 90.4 Å². The molecule has 1 atom stereocenters. The molecule has 0 radical (unpaired) electrons. The highest BCUT2D eigenvalue weighted by Crippen LogP contribution is 2.22. The van der Waals surface area contributed by atoms with Crippen LogP contribution in [0.15, 0.2) is 0 Å². The Morgan fingerprint density at radius 3 is 1.44 bits per heavy atom. The summed E-state index contributed by atoms with van der Waals surface area (Å²) in [5.41, 5.74) is 0. The van der Waals surface area contributed by atoms with Gasteiger partial charge in [-0.3, -0.25) is 0 Å². The van der Waals surface area contributed by atoms with E-state index in [4.69, 9.17) is 13.3 Å². The lowest BCUT2D eigenvalue weighted by atomic mass is 9.99. The van der Waals surface area contributed by atoms with Crippen LogP contribution in [0.2, 0.25) is 6.04 Å². The maximum atomic E-state index is 9.38. The molecule has 5 heteroatoms. The monoisotopic (exact) mass is 399 g/mol. The van der Waals surface area contributed by atoms with Gasteiger partial charge in [-0.05, 0) is 12.8 Å². The standard InChI is InChI=1S/C22H45NO3Si/c1-5-6-7-8-9-10-11-12-13-14-15-16-17-18-22(21-23)19-20-27(24-2,25-3)26-4/h22H,5-20H2,1-4H3. The highest BCUT2D eigenvalue weighted by molar-refractivity contribution is 6.60. The summed E-state index contributed by atoms with van der Waals surface area (Å²) in [4.78, 5) is 0. The smallest absolute Gasteiger partial charge is 0.377 e. The fraction of sp³-hybridized carbons (Fsp3) is 0.955. The van der Waals surface area contributed by atoms with E-state index in [1.165, 1.54) is 77.0 Å². The number of hydrogen-bond acceptors (Lipinski definition) is 4. The summed E-state index contributed by atoms with van der Waals surface area (Å²) in [6.07, 6.45) is 19.5. The summed E-state index contributed by atoms with van der Waals surface area (Å²) in [5.74, 6) is 0.0880. The Morgan fingerprint density at radius 1 is 0.667 bits per heavy atom. The lowest BCUT2D eigenvalue weighted by Gasteiger charge is -2.25. The number of hydrogen-bond donors (Lipinski definition) is 0. The van der Waals surface area contributed by atoms with Gasteiger partial charge in [0.1, 0.15) is 0 Å². The normalized spacial score (nSPS) is 12.9. The first-order chi connectivity index (χ1) is 13.2. The highest BCUT2D eigenvalue weighted by Gasteiger charge is 2.37. The van der Waals surface area contributed by atoms with Crippen molar-refractivity contribution in [1.82, 2.24) is 0 Å². The van der Waals surface area contributed by atoms with E-state index < -0.39 is 8.80 Å². The van der Waals surface area contributed by atoms with E-state index in [0.29, 0.717) is 6.04 Å². The van der Waals surface area contributed by atoms with Crippen LogP contribution >= 0.6 is 0 Å². The Labute approximate surface area is 170 Å². The van der Waals surface area contributed by atoms with Crippen LogP contribution in [0.25, 0.3) is 0 Å². The second kappa shape index (κ2) is 18.9. The van der Waals surface area contributed by atoms with Crippen LogP contribution in [0.1, 0.15) is 103 Å². The SMILES string of the molecule is CCCCCCCCCCCCCCCC(C#N)CC[Si](OC)(OC)OC. The van der Waals surface area contributed by atoms with Gasteiger partial charge < -0.3 is 13.3 Å². The van der Waals surface area contributed by atoms with Gasteiger partial charge in [0.15, 0.2) is 0 Å². The molecule has 0 aromatic carbocycles. The average molecular weight is 400 g/mol. The van der Waals surface area contributed by atoms with Crippen molar-refractivity contribution in [1.29, 1.82) is 5.26 Å². The van der Waals surface area contributed by atoms with E-state index in [9.17, 15) is 5.26 Å². The predicted molar refractivity (Wildman–Crippen MR) is 116 cm³/mol. The number of nitrogens with zero attached hydrogens (tertiary/aromatic N) is 1. The van der Waals surface area contributed by atoms with Gasteiger partial charge in [0.25, 0.3) is 0 Å². The van der Waals surface area contributed by atoms with Crippen molar-refractivity contribution in [3.8, 4) is 6.07 Å². The van der Waals surface area contributed by atoms with Crippen LogP contribution < -0.4 is 0 Å². The van der Waals surface area contributed by atoms with Gasteiger partial charge in [0, 0.05) is 33.3 Å². The maximum absolute atomic E-state index is 9.38. The van der Waals surface area contributed by atoms with Gasteiger partial charge in [0.05, 0.1) is 6.07 Å². The summed E-state index contributed by atoms with van der Waals surface area (Å²) in [5, 5.41) is 9.38. The third kappa shape index (κ3) is 14.3. The lowest BCUT2D eigenvalue weighted by molar-refractivity contribution is 0.122. The first kappa shape index (κ1) is 26.6. The molecule has 1 unspecified atom stereocenters. The average Bonchev–Trinajstić information content (AvgIpc) is 2.71. The number of unbranched alkanes of at least 4 members (excludes halogenated alkanes) is 12. The highest BCUT2D eigenvalue weighted by atomic mass is 28.4. The molecule has 0 saturated carbocycles. The van der Waals surface area contributed by atoms with Crippen LogP contribution in [-0.2, 0) is 13.3 Å². The molecule has 0 rings (SSSR count). The summed E-state index contributed by atoms with van der Waals surface area (Å²) in [6.45, 7) is 2.27. The van der Waals surface area contributed by atoms with E-state index in [0.717, 1.165) is 19.3 Å². The van der Waals surface area contributed by atoms with Crippen molar-refractivity contribution in [3.63, 3.8) is 0 Å². The molecule has 0 aromatic rings. The third-order valence-electron chi connectivity index (χ3n) is 5.57. The van der Waals surface area contributed by atoms with Crippen molar-refractivity contribution in [2.75, 3.05) is 21.3 Å². The summed E-state index contributed by atoms with van der Waals surface area (Å²) in [7, 11) is 2.36. The minimum Gasteiger partial charge on any atom is -0.377 e. The molecular formula is C22H45NO3Si. The van der Waals surface area contributed by atoms with Crippen molar-refractivity contribution < 1.29 is 13.3 Å². The fourth-order valence-corrected chi connectivity index (χ4v) is 5.40. The van der Waals surface area contributed by atoms with Crippen LogP contribution in [0.5, 0.6) is 0 Å². The second-order valence-electron chi connectivity index (χ2n) is 7.69. The minimum absolute atomic E-state index is 0.0880. The zero-order valence-electron chi connectivity index (χ0n) is 18.6. The van der Waals surface area contributed by atoms with Gasteiger partial charge in [-0.15, -0.1) is 0 Å². The quantitative estimate of drug-likeness (QED) is 0.165. The van der Waals surface area contributed by atoms with E-state index in [2.05, 4.69) is 13.0 Å². The first-order valence-corrected chi connectivity index (χ1v) is 13.2. The third-order valence-corrected chi connectivity index (χ3v) is 8.34. The van der Waals surface area contributed by atoms with Crippen molar-refractivity contribution in [2.24, 2.45) is 5.92 Å². The Bertz CT molecular complexity index is 348. The molecule has 0 aliphatic carbocycles. The number of nitriles is 1. The first-order valence-electron chi connectivity index (χ1n) is 11.2. The molecule has 0 spiro atoms. The van der Waals surface area contributed by atoms with Gasteiger partial charge in [-0.25, -0.2) is 0 Å². The van der Waals surface area contributed by atoms with E-state index in [-0.39, 0.29) is 5.92 Å². The van der Waals surface area contributed by atoms with Crippen molar-refractivity contribution in [2.45, 2.75) is 109 Å². The van der Waals surface area contributed by atoms with Crippen LogP contribution in [0.3, 0.4) is 0 Å². The molecule has 0 N–H and O–H groups in total. The van der Waals surface area contributed by atoms with E-state index in [1.54, 1.807) is 21.3 Å². The Balaban J connectivity index is 3.55. The molecule has 0 heterocycles. The Morgan fingerprint density at radius 2 is 1.07 bits per heavy atom. The molecule has 0 aliphatic heterocycles. The molecule has 160 valence electrons. The molecule has 0 aromatic heterocycles. The van der Waals surface area contributed by atoms with Crippen molar-refractivity contribution >= 4 is 8.80 Å². The molecular weight excluding hydrogens is 354 g/mol. The zero-order chi connectivity index (χ0) is 20.2. The minimum atomic E-state index is -2.53. The predicted octanol–water partition coefficient (Wildman–Crippen LogP) is 6.88. The Hall–Kier alpha value is -0.413. The van der Waals surface area contributed by atoms with E-state index in [1.807, 2.05) is 0 Å². The van der Waals surface area contributed by atoms with Gasteiger partial charge >= 0.3 is 8.80 Å². The fourth-order valence-electron chi connectivity index (χ4n) is 3.59. The maximum Gasteiger partial charge on any atom is 0.500 e. The van der Waals surface area contributed by atoms with Crippen LogP contribution in [-0.4, -0.2) is 30.1 Å². The molecule has 0 amide bonds. The molecule has 0 bridgehead atoms. The van der Waals surface area contributed by atoms with Gasteiger partial charge in [0.2, 0.25) is 0 Å². The van der Waals surface area contributed by atoms with Gasteiger partial charge in [-0.2, -0.15) is 5.26 Å². The topological polar surface area (TPSA) is 51.5 Å². The molecule has 0 fully saturated rings. The molecule has 27 heavy (non-hydrogen) atoms. The molecule has 4 nitrogen and oxygen atoms in total. The Kier molecular flexibility index (Phi) is 18.6. The largest absolute Gasteiger partial charge is 0.500 e. The summed E-state index contributed by atoms with van der Waals surface area (Å²) >= 11 is 0. The molecule has 0 saturated heterocycles. The van der Waals surface area contributed by atoms with Crippen LogP contribution in [0, 0.1) is 17.2 Å². The molecule has 0 aliphatic rings. The van der Waals surface area contributed by atoms with Crippen molar-refractivity contribution in [3.05, 3.63) is 0 Å². The van der Waals surface area contributed by atoms with Crippen LogP contribution in [0.4, 0.5) is 0 Å². The zero-order valence-corrected chi connectivity index (χ0v) is 19.6. The second-order valence-corrected chi connectivity index (χ2v) is 10.8. The van der Waals surface area contributed by atoms with E-state index >= 15 is 0 Å². The number of rotatable bonds is 20.